The maximum atomic E-state index is 11.1. The van der Waals surface area contributed by atoms with Crippen LogP contribution in [0.1, 0.15) is 11.3 Å². The summed E-state index contributed by atoms with van der Waals surface area (Å²) in [6, 6.07) is 20.8. The summed E-state index contributed by atoms with van der Waals surface area (Å²) in [5, 5.41) is 27.8. The number of benzene rings is 3. The molecule has 8 rings (SSSR count). The Labute approximate surface area is 211 Å². The number of fused-ring (bicyclic) bond motifs is 9. The Kier molecular flexibility index (Phi) is 4.17. The first-order chi connectivity index (χ1) is 18.2. The number of nitrogens with zero attached hydrogens (tertiary/aromatic N) is 3. The number of aliphatic hydroxyl groups excluding tert-OH is 1. The number of pyridine rings is 1. The van der Waals surface area contributed by atoms with Crippen molar-refractivity contribution in [3.8, 4) is 5.88 Å². The van der Waals surface area contributed by atoms with Gasteiger partial charge in [-0.3, -0.25) is 4.98 Å². The van der Waals surface area contributed by atoms with Crippen molar-refractivity contribution < 1.29 is 10.2 Å². The van der Waals surface area contributed by atoms with Crippen LogP contribution in [0.2, 0.25) is 0 Å². The summed E-state index contributed by atoms with van der Waals surface area (Å²) in [7, 11) is 0. The maximum absolute atomic E-state index is 11.1. The number of aromatic hydroxyl groups is 1. The van der Waals surface area contributed by atoms with E-state index < -0.39 is 0 Å². The molecule has 3 N–H and O–H groups in total. The van der Waals surface area contributed by atoms with Crippen molar-refractivity contribution in [2.75, 3.05) is 6.61 Å². The van der Waals surface area contributed by atoms with Crippen molar-refractivity contribution in [1.29, 1.82) is 0 Å². The van der Waals surface area contributed by atoms with Crippen LogP contribution in [0.5, 0.6) is 5.88 Å². The van der Waals surface area contributed by atoms with Crippen molar-refractivity contribution in [3.63, 3.8) is 0 Å². The average Bonchev–Trinajstić information content (AvgIpc) is 3.53. The predicted octanol–water partition coefficient (Wildman–Crippen LogP) is 6.28. The molecule has 5 heterocycles. The van der Waals surface area contributed by atoms with Gasteiger partial charge in [-0.2, -0.15) is 0 Å². The molecule has 0 saturated carbocycles. The van der Waals surface area contributed by atoms with Crippen LogP contribution in [0.4, 0.5) is 0 Å². The van der Waals surface area contributed by atoms with E-state index in [1.807, 2.05) is 30.5 Å². The van der Waals surface area contributed by atoms with E-state index in [-0.39, 0.29) is 18.4 Å². The molecule has 0 spiro atoms. The van der Waals surface area contributed by atoms with Gasteiger partial charge in [-0.05, 0) is 42.0 Å². The largest absolute Gasteiger partial charge is 0.494 e. The molecule has 1 unspecified atom stereocenters. The Morgan fingerprint density at radius 1 is 0.838 bits per heavy atom. The molecule has 1 atom stereocenters. The quantitative estimate of drug-likeness (QED) is 0.276. The molecule has 4 aromatic heterocycles. The first-order valence-corrected chi connectivity index (χ1v) is 12.6. The third-order valence-electron chi connectivity index (χ3n) is 7.94. The topological polar surface area (TPSA) is 79.0 Å². The lowest BCUT2D eigenvalue weighted by Gasteiger charge is -2.15. The average molecular weight is 485 g/mol. The highest BCUT2D eigenvalue weighted by molar-refractivity contribution is 6.36. The number of aliphatic hydroxyl groups is 1. The number of rotatable bonds is 3. The number of aromatic amines is 1. The Hall–Kier alpha value is -4.55. The highest BCUT2D eigenvalue weighted by atomic mass is 16.3. The van der Waals surface area contributed by atoms with Crippen LogP contribution in [-0.2, 0) is 13.1 Å². The van der Waals surface area contributed by atoms with Gasteiger partial charge in [-0.25, -0.2) is 0 Å². The summed E-state index contributed by atoms with van der Waals surface area (Å²) >= 11 is 0. The first kappa shape index (κ1) is 20.6. The van der Waals surface area contributed by atoms with Gasteiger partial charge in [-0.1, -0.05) is 36.4 Å². The van der Waals surface area contributed by atoms with E-state index in [2.05, 4.69) is 67.6 Å². The lowest BCUT2D eigenvalue weighted by Crippen LogP contribution is -2.18. The monoisotopic (exact) mass is 484 g/mol. The second kappa shape index (κ2) is 7.48. The molecule has 0 amide bonds. The number of nitrogens with one attached hydrogen (secondary N) is 1. The molecule has 1 aliphatic rings. The minimum absolute atomic E-state index is 0.0726. The van der Waals surface area contributed by atoms with Crippen molar-refractivity contribution in [2.24, 2.45) is 5.92 Å². The summed E-state index contributed by atoms with van der Waals surface area (Å²) in [5.74, 6) is 0.258. The number of aromatic nitrogens is 4. The first-order valence-electron chi connectivity index (χ1n) is 12.6. The zero-order valence-electron chi connectivity index (χ0n) is 20.0. The Balaban J connectivity index is 1.55. The van der Waals surface area contributed by atoms with Gasteiger partial charge < -0.3 is 24.3 Å². The highest BCUT2D eigenvalue weighted by Gasteiger charge is 2.29. The number of H-pyrrole nitrogens is 1. The molecule has 0 aliphatic carbocycles. The van der Waals surface area contributed by atoms with Gasteiger partial charge >= 0.3 is 0 Å². The van der Waals surface area contributed by atoms with E-state index in [9.17, 15) is 10.2 Å². The van der Waals surface area contributed by atoms with E-state index in [4.69, 9.17) is 0 Å². The van der Waals surface area contributed by atoms with E-state index in [1.165, 1.54) is 5.52 Å². The summed E-state index contributed by atoms with van der Waals surface area (Å²) in [6.45, 7) is 1.56. The third kappa shape index (κ3) is 2.76. The molecule has 0 fully saturated rings. The minimum Gasteiger partial charge on any atom is -0.494 e. The van der Waals surface area contributed by atoms with Gasteiger partial charge in [0.1, 0.15) is 0 Å². The second-order valence-corrected chi connectivity index (χ2v) is 10.0. The van der Waals surface area contributed by atoms with Crippen LogP contribution in [0.3, 0.4) is 0 Å². The normalized spacial score (nSPS) is 15.9. The molecule has 6 nitrogen and oxygen atoms in total. The van der Waals surface area contributed by atoms with Crippen LogP contribution >= 0.6 is 0 Å². The molecule has 180 valence electrons. The molecule has 0 bridgehead atoms. The summed E-state index contributed by atoms with van der Waals surface area (Å²) in [5.41, 5.74) is 6.52. The van der Waals surface area contributed by atoms with E-state index in [0.717, 1.165) is 66.7 Å². The van der Waals surface area contributed by atoms with Gasteiger partial charge in [0.25, 0.3) is 0 Å². The van der Waals surface area contributed by atoms with Gasteiger partial charge in [0, 0.05) is 76.0 Å². The van der Waals surface area contributed by atoms with Gasteiger partial charge in [0.15, 0.2) is 5.88 Å². The second-order valence-electron chi connectivity index (χ2n) is 10.0. The maximum Gasteiger partial charge on any atom is 0.197 e. The fourth-order valence-electron chi connectivity index (χ4n) is 6.39. The molecule has 1 aliphatic heterocycles. The van der Waals surface area contributed by atoms with E-state index in [1.54, 1.807) is 6.20 Å². The number of hydrogen-bond donors (Lipinski definition) is 3. The Bertz CT molecular complexity index is 2040. The van der Waals surface area contributed by atoms with Crippen molar-refractivity contribution in [1.82, 2.24) is 19.1 Å². The van der Waals surface area contributed by atoms with Gasteiger partial charge in [0.05, 0.1) is 22.1 Å². The van der Waals surface area contributed by atoms with Crippen LogP contribution in [0.15, 0.2) is 73.1 Å². The molecule has 0 saturated heterocycles. The van der Waals surface area contributed by atoms with Crippen molar-refractivity contribution in [3.05, 3.63) is 84.3 Å². The van der Waals surface area contributed by atoms with Crippen LogP contribution in [0, 0.1) is 5.92 Å². The fourth-order valence-corrected chi connectivity index (χ4v) is 6.39. The summed E-state index contributed by atoms with van der Waals surface area (Å²) in [4.78, 5) is 7.51. The van der Waals surface area contributed by atoms with Crippen LogP contribution < -0.4 is 0 Å². The number of hydrogen-bond acceptors (Lipinski definition) is 3. The highest BCUT2D eigenvalue weighted by Crippen LogP contribution is 2.48. The molecule has 0 radical (unpaired) electrons. The molecule has 6 heteroatoms. The summed E-state index contributed by atoms with van der Waals surface area (Å²) in [6.07, 6.45) is 7.82. The zero-order chi connectivity index (χ0) is 24.7. The molecule has 3 aromatic carbocycles. The Morgan fingerprint density at radius 2 is 1.62 bits per heavy atom. The summed E-state index contributed by atoms with van der Waals surface area (Å²) < 4.78 is 4.73. The Morgan fingerprint density at radius 3 is 2.43 bits per heavy atom. The van der Waals surface area contributed by atoms with Crippen molar-refractivity contribution >= 4 is 66.5 Å². The minimum atomic E-state index is 0.0726. The lowest BCUT2D eigenvalue weighted by atomic mass is 10.0. The SMILES string of the molecule is OCC1Cn2c3ccccc3c3c4c[nH]c(O)c4c4c5cc(C=Cc6ccccn6)ccc5n(c4c32)C1. The van der Waals surface area contributed by atoms with E-state index >= 15 is 0 Å². The molecule has 37 heavy (non-hydrogen) atoms. The number of para-hydroxylation sites is 1. The smallest absolute Gasteiger partial charge is 0.197 e. The van der Waals surface area contributed by atoms with Crippen molar-refractivity contribution in [2.45, 2.75) is 13.1 Å². The lowest BCUT2D eigenvalue weighted by molar-refractivity contribution is 0.201. The zero-order valence-corrected chi connectivity index (χ0v) is 20.0. The molecular weight excluding hydrogens is 460 g/mol. The molecule has 7 aromatic rings. The van der Waals surface area contributed by atoms with E-state index in [0.29, 0.717) is 6.54 Å². The van der Waals surface area contributed by atoms with Crippen LogP contribution in [-0.4, -0.2) is 35.9 Å². The predicted molar refractivity (Wildman–Crippen MR) is 150 cm³/mol. The standard InChI is InChI=1S/C31H24N4O2/c36-17-19-15-34-24-7-2-1-6-21(24)26-23-14-33-31(37)28(23)27-22-13-18(8-10-20-5-3-4-12-32-20)9-11-25(22)35(16-19)30(27)29(26)34/h1-14,19,33,36-37H,15-17H2. The molecular formula is C31H24N4O2. The van der Waals surface area contributed by atoms with Crippen LogP contribution in [0.25, 0.3) is 66.5 Å². The third-order valence-corrected chi connectivity index (χ3v) is 7.94. The van der Waals surface area contributed by atoms with Gasteiger partial charge in [-0.15, -0.1) is 0 Å². The fraction of sp³-hybridized carbons (Fsp3) is 0.129. The van der Waals surface area contributed by atoms with Gasteiger partial charge in [0.2, 0.25) is 0 Å².